The summed E-state index contributed by atoms with van der Waals surface area (Å²) in [6, 6.07) is 26.4. The van der Waals surface area contributed by atoms with Crippen molar-refractivity contribution in [2.24, 2.45) is 0 Å². The summed E-state index contributed by atoms with van der Waals surface area (Å²) in [4.78, 5) is 24.3. The maximum Gasteiger partial charge on any atom is 0.344 e. The average molecular weight is 466 g/mol. The van der Waals surface area contributed by atoms with E-state index in [4.69, 9.17) is 0 Å². The molecule has 35 heavy (non-hydrogen) atoms. The van der Waals surface area contributed by atoms with Crippen molar-refractivity contribution in [2.75, 3.05) is 16.5 Å². The molecule has 7 heteroatoms. The van der Waals surface area contributed by atoms with Crippen molar-refractivity contribution in [3.05, 3.63) is 121 Å². The van der Waals surface area contributed by atoms with Gasteiger partial charge in [-0.3, -0.25) is 14.9 Å². The Morgan fingerprint density at radius 3 is 1.89 bits per heavy atom. The molecule has 0 spiro atoms. The molecule has 0 saturated carbocycles. The van der Waals surface area contributed by atoms with E-state index < -0.39 is 12.1 Å². The highest BCUT2D eigenvalue weighted by Gasteiger charge is 2.41. The molecular weight excluding hydrogens is 438 g/mol. The molecule has 0 aliphatic carbocycles. The van der Waals surface area contributed by atoms with Gasteiger partial charge in [-0.05, 0) is 41.8 Å². The molecule has 1 aliphatic rings. The Morgan fingerprint density at radius 2 is 1.29 bits per heavy atom. The Morgan fingerprint density at radius 1 is 0.743 bits per heavy atom. The fourth-order valence-corrected chi connectivity index (χ4v) is 4.53. The standard InChI is InChI=1S/C28H27N5O2/c34-27-21-31(20-23-9-5-2-6-10-23)33(25-13-17-30-18-14-25)28(35)32(24-11-15-29-16-12-24)26(27)19-22-7-3-1-4-8-22/h1-18,26-27,34H,19-21H2/t26-,27-/m1/s1. The maximum absolute atomic E-state index is 14.4. The van der Waals surface area contributed by atoms with E-state index in [1.54, 1.807) is 46.8 Å². The second-order valence-electron chi connectivity index (χ2n) is 8.53. The monoisotopic (exact) mass is 465 g/mol. The van der Waals surface area contributed by atoms with Crippen molar-refractivity contribution in [3.8, 4) is 0 Å². The van der Waals surface area contributed by atoms with Crippen LogP contribution in [0, 0.1) is 0 Å². The lowest BCUT2D eigenvalue weighted by Crippen LogP contribution is -2.52. The maximum atomic E-state index is 14.4. The normalized spacial score (nSPS) is 18.9. The van der Waals surface area contributed by atoms with E-state index in [1.807, 2.05) is 77.8 Å². The van der Waals surface area contributed by atoms with E-state index in [1.165, 1.54) is 0 Å². The first-order chi connectivity index (χ1) is 17.2. The lowest BCUT2D eigenvalue weighted by Gasteiger charge is -2.36. The van der Waals surface area contributed by atoms with Gasteiger partial charge in [0.25, 0.3) is 0 Å². The minimum atomic E-state index is -0.803. The van der Waals surface area contributed by atoms with E-state index in [2.05, 4.69) is 9.97 Å². The third kappa shape index (κ3) is 5.06. The number of hydrogen-bond donors (Lipinski definition) is 1. The zero-order chi connectivity index (χ0) is 24.0. The quantitative estimate of drug-likeness (QED) is 0.459. The van der Waals surface area contributed by atoms with Gasteiger partial charge in [0.15, 0.2) is 0 Å². The van der Waals surface area contributed by atoms with E-state index in [9.17, 15) is 9.90 Å². The number of amides is 2. The molecule has 176 valence electrons. The summed E-state index contributed by atoms with van der Waals surface area (Å²) in [6.07, 6.45) is 6.38. The van der Waals surface area contributed by atoms with Gasteiger partial charge in [0, 0.05) is 43.6 Å². The Hall–Kier alpha value is -4.07. The number of aliphatic hydroxyl groups is 1. The predicted molar refractivity (Wildman–Crippen MR) is 136 cm³/mol. The van der Waals surface area contributed by atoms with Crippen LogP contribution in [-0.2, 0) is 13.0 Å². The number of anilines is 2. The second-order valence-corrected chi connectivity index (χ2v) is 8.53. The number of hydrazine groups is 1. The first-order valence-electron chi connectivity index (χ1n) is 11.6. The lowest BCUT2D eigenvalue weighted by atomic mass is 9.99. The molecule has 5 rings (SSSR count). The number of carbonyl (C=O) groups excluding carboxylic acids is 1. The third-order valence-electron chi connectivity index (χ3n) is 6.19. The second kappa shape index (κ2) is 10.5. The fraction of sp³-hybridized carbons (Fsp3) is 0.179. The van der Waals surface area contributed by atoms with Gasteiger partial charge in [0.1, 0.15) is 0 Å². The molecule has 0 unspecified atom stereocenters. The van der Waals surface area contributed by atoms with Gasteiger partial charge >= 0.3 is 6.03 Å². The van der Waals surface area contributed by atoms with Crippen molar-refractivity contribution in [1.29, 1.82) is 0 Å². The topological polar surface area (TPSA) is 72.8 Å². The van der Waals surface area contributed by atoms with Gasteiger partial charge in [-0.2, -0.15) is 0 Å². The van der Waals surface area contributed by atoms with Gasteiger partial charge in [-0.1, -0.05) is 60.7 Å². The molecule has 2 atom stereocenters. The number of rotatable bonds is 6. The predicted octanol–water partition coefficient (Wildman–Crippen LogP) is 4.31. The average Bonchev–Trinajstić information content (AvgIpc) is 3.00. The molecule has 1 saturated heterocycles. The minimum Gasteiger partial charge on any atom is -0.390 e. The lowest BCUT2D eigenvalue weighted by molar-refractivity contribution is 0.0978. The summed E-state index contributed by atoms with van der Waals surface area (Å²) in [5.74, 6) is 0. The van der Waals surface area contributed by atoms with Crippen LogP contribution in [0.5, 0.6) is 0 Å². The SMILES string of the molecule is O=C1N(c2ccncc2)[C@H](Cc2ccccc2)[C@H](O)CN(Cc2ccccc2)N1c1ccncc1. The third-order valence-corrected chi connectivity index (χ3v) is 6.19. The summed E-state index contributed by atoms with van der Waals surface area (Å²) in [6.45, 7) is 0.746. The van der Waals surface area contributed by atoms with E-state index in [0.29, 0.717) is 24.3 Å². The van der Waals surface area contributed by atoms with Gasteiger partial charge in [-0.25, -0.2) is 14.8 Å². The van der Waals surface area contributed by atoms with Gasteiger partial charge in [0.2, 0.25) is 0 Å². The first-order valence-corrected chi connectivity index (χ1v) is 11.6. The zero-order valence-corrected chi connectivity index (χ0v) is 19.3. The number of nitrogens with zero attached hydrogens (tertiary/aromatic N) is 5. The molecule has 1 aliphatic heterocycles. The van der Waals surface area contributed by atoms with Crippen LogP contribution >= 0.6 is 0 Å². The Bertz CT molecular complexity index is 1230. The van der Waals surface area contributed by atoms with E-state index in [0.717, 1.165) is 11.1 Å². The smallest absolute Gasteiger partial charge is 0.344 e. The van der Waals surface area contributed by atoms with Crippen molar-refractivity contribution in [1.82, 2.24) is 15.0 Å². The summed E-state index contributed by atoms with van der Waals surface area (Å²) >= 11 is 0. The number of aliphatic hydroxyl groups excluding tert-OH is 1. The van der Waals surface area contributed by atoms with Crippen LogP contribution in [0.2, 0.25) is 0 Å². The molecule has 0 radical (unpaired) electrons. The molecule has 2 aromatic carbocycles. The van der Waals surface area contributed by atoms with Crippen LogP contribution in [0.1, 0.15) is 11.1 Å². The zero-order valence-electron chi connectivity index (χ0n) is 19.3. The Kier molecular flexibility index (Phi) is 6.79. The number of hydrogen-bond acceptors (Lipinski definition) is 5. The van der Waals surface area contributed by atoms with Crippen molar-refractivity contribution < 1.29 is 9.90 Å². The van der Waals surface area contributed by atoms with Crippen LogP contribution in [0.4, 0.5) is 16.2 Å². The molecule has 1 N–H and O–H groups in total. The van der Waals surface area contributed by atoms with Crippen LogP contribution < -0.4 is 9.91 Å². The number of β-amino-alcohol motifs (C(OH)–C–C–N with tert-alkyl or cyclic N) is 1. The number of pyridine rings is 2. The highest BCUT2D eigenvalue weighted by Crippen LogP contribution is 2.30. The van der Waals surface area contributed by atoms with Crippen molar-refractivity contribution in [3.63, 3.8) is 0 Å². The molecule has 1 fully saturated rings. The summed E-state index contributed by atoms with van der Waals surface area (Å²) in [7, 11) is 0. The van der Waals surface area contributed by atoms with Crippen LogP contribution in [0.25, 0.3) is 0 Å². The van der Waals surface area contributed by atoms with Gasteiger partial charge in [-0.15, -0.1) is 0 Å². The summed E-state index contributed by atoms with van der Waals surface area (Å²) in [5.41, 5.74) is 3.47. The highest BCUT2D eigenvalue weighted by atomic mass is 16.3. The van der Waals surface area contributed by atoms with Crippen LogP contribution in [0.15, 0.2) is 110 Å². The molecule has 2 amide bonds. The Balaban J connectivity index is 1.61. The van der Waals surface area contributed by atoms with Gasteiger partial charge in [0.05, 0.1) is 17.8 Å². The molecule has 7 nitrogen and oxygen atoms in total. The number of carbonyl (C=O) groups is 1. The van der Waals surface area contributed by atoms with Crippen LogP contribution in [0.3, 0.4) is 0 Å². The van der Waals surface area contributed by atoms with Crippen LogP contribution in [-0.4, -0.2) is 44.8 Å². The summed E-state index contributed by atoms with van der Waals surface area (Å²) in [5, 5.41) is 15.2. The number of aromatic nitrogens is 2. The fourth-order valence-electron chi connectivity index (χ4n) is 4.53. The van der Waals surface area contributed by atoms with Gasteiger partial charge < -0.3 is 5.11 Å². The molecule has 0 bridgehead atoms. The summed E-state index contributed by atoms with van der Waals surface area (Å²) < 4.78 is 0. The number of benzene rings is 2. The molecule has 2 aromatic heterocycles. The first kappa shape index (κ1) is 22.7. The molecular formula is C28H27N5O2. The van der Waals surface area contributed by atoms with E-state index in [-0.39, 0.29) is 12.6 Å². The minimum absolute atomic E-state index is 0.240. The molecule has 4 aromatic rings. The molecule has 3 heterocycles. The van der Waals surface area contributed by atoms with Crippen molar-refractivity contribution >= 4 is 17.4 Å². The van der Waals surface area contributed by atoms with E-state index >= 15 is 0 Å². The number of urea groups is 1. The highest BCUT2D eigenvalue weighted by molar-refractivity contribution is 6.03. The van der Waals surface area contributed by atoms with Crippen molar-refractivity contribution in [2.45, 2.75) is 25.1 Å². The Labute approximate surface area is 204 Å². The largest absolute Gasteiger partial charge is 0.390 e.